The van der Waals surface area contributed by atoms with E-state index < -0.39 is 0 Å². The Balaban J connectivity index is 1.72. The molecule has 2 saturated heterocycles. The highest BCUT2D eigenvalue weighted by Crippen LogP contribution is 2.39. The van der Waals surface area contributed by atoms with Crippen LogP contribution in [0, 0.1) is 0 Å². The third-order valence-corrected chi connectivity index (χ3v) is 4.40. The van der Waals surface area contributed by atoms with E-state index in [9.17, 15) is 4.79 Å². The maximum atomic E-state index is 11.9. The van der Waals surface area contributed by atoms with Crippen molar-refractivity contribution in [3.8, 4) is 0 Å². The Hall–Kier alpha value is -0.940. The van der Waals surface area contributed by atoms with E-state index in [1.54, 1.807) is 18.0 Å². The van der Waals surface area contributed by atoms with E-state index in [0.29, 0.717) is 12.3 Å². The number of thioether (sulfide) groups is 1. The third-order valence-electron chi connectivity index (χ3n) is 3.18. The van der Waals surface area contributed by atoms with Gasteiger partial charge in [-0.3, -0.25) is 4.79 Å². The molecule has 0 bridgehead atoms. The van der Waals surface area contributed by atoms with Gasteiger partial charge in [-0.05, 0) is 25.0 Å². The van der Waals surface area contributed by atoms with Gasteiger partial charge in [-0.2, -0.15) is 0 Å². The Kier molecular flexibility index (Phi) is 3.11. The summed E-state index contributed by atoms with van der Waals surface area (Å²) in [7, 11) is 0. The summed E-state index contributed by atoms with van der Waals surface area (Å²) in [5.74, 6) is 1.59. The molecule has 2 fully saturated rings. The van der Waals surface area contributed by atoms with Crippen LogP contribution >= 0.6 is 11.8 Å². The maximum Gasteiger partial charge on any atom is 0.234 e. The summed E-state index contributed by atoms with van der Waals surface area (Å²) >= 11 is 1.63. The predicted octanol–water partition coefficient (Wildman–Crippen LogP) is 2.03. The van der Waals surface area contributed by atoms with Gasteiger partial charge in [0.25, 0.3) is 0 Å². The fourth-order valence-corrected chi connectivity index (χ4v) is 3.47. The third kappa shape index (κ3) is 2.21. The molecule has 4 nitrogen and oxygen atoms in total. The average molecular weight is 253 g/mol. The van der Waals surface area contributed by atoms with Gasteiger partial charge < -0.3 is 14.1 Å². The minimum atomic E-state index is 0.0294. The molecule has 5 heteroatoms. The first-order valence-corrected chi connectivity index (χ1v) is 6.95. The standard InChI is InChI=1S/C12H15NO3S/c14-11-8-17-12(10-4-2-6-16-10)13(11)7-9-3-1-5-15-9/h2,4,6,9,12H,1,3,5,7-8H2/t9-,12-/m1/s1. The van der Waals surface area contributed by atoms with Crippen molar-refractivity contribution < 1.29 is 13.9 Å². The van der Waals surface area contributed by atoms with Crippen molar-refractivity contribution in [1.82, 2.24) is 4.90 Å². The second kappa shape index (κ2) is 4.74. The molecule has 3 rings (SSSR count). The van der Waals surface area contributed by atoms with Gasteiger partial charge in [-0.15, -0.1) is 11.8 Å². The average Bonchev–Trinajstić information content (AvgIpc) is 3.03. The van der Waals surface area contributed by atoms with Gasteiger partial charge in [0.1, 0.15) is 11.1 Å². The lowest BCUT2D eigenvalue weighted by molar-refractivity contribution is -0.129. The smallest absolute Gasteiger partial charge is 0.234 e. The van der Waals surface area contributed by atoms with Crippen molar-refractivity contribution in [2.24, 2.45) is 0 Å². The quantitative estimate of drug-likeness (QED) is 0.826. The lowest BCUT2D eigenvalue weighted by Crippen LogP contribution is -2.35. The Labute approximate surface area is 104 Å². The second-order valence-electron chi connectivity index (χ2n) is 4.36. The summed E-state index contributed by atoms with van der Waals surface area (Å²) < 4.78 is 11.0. The van der Waals surface area contributed by atoms with Crippen LogP contribution < -0.4 is 0 Å². The molecule has 3 heterocycles. The molecule has 2 aliphatic rings. The predicted molar refractivity (Wildman–Crippen MR) is 64.6 cm³/mol. The van der Waals surface area contributed by atoms with Crippen LogP contribution in [0.25, 0.3) is 0 Å². The number of ether oxygens (including phenoxy) is 1. The summed E-state index contributed by atoms with van der Waals surface area (Å²) in [6, 6.07) is 3.79. The maximum absolute atomic E-state index is 11.9. The molecule has 2 aliphatic heterocycles. The van der Waals surface area contributed by atoms with E-state index in [4.69, 9.17) is 9.15 Å². The van der Waals surface area contributed by atoms with Gasteiger partial charge in [0.05, 0.1) is 18.1 Å². The topological polar surface area (TPSA) is 42.7 Å². The van der Waals surface area contributed by atoms with Gasteiger partial charge >= 0.3 is 0 Å². The zero-order valence-electron chi connectivity index (χ0n) is 9.50. The van der Waals surface area contributed by atoms with E-state index in [0.717, 1.165) is 25.2 Å². The summed E-state index contributed by atoms with van der Waals surface area (Å²) in [5, 5.41) is 0.0294. The highest BCUT2D eigenvalue weighted by Gasteiger charge is 2.36. The van der Waals surface area contributed by atoms with E-state index in [-0.39, 0.29) is 17.4 Å². The van der Waals surface area contributed by atoms with Crippen LogP contribution in [0.2, 0.25) is 0 Å². The summed E-state index contributed by atoms with van der Waals surface area (Å²) in [4.78, 5) is 13.8. The molecule has 2 atom stereocenters. The van der Waals surface area contributed by atoms with Crippen molar-refractivity contribution in [3.63, 3.8) is 0 Å². The van der Waals surface area contributed by atoms with Crippen molar-refractivity contribution >= 4 is 17.7 Å². The summed E-state index contributed by atoms with van der Waals surface area (Å²) in [6.45, 7) is 1.52. The number of rotatable bonds is 3. The molecule has 92 valence electrons. The Morgan fingerprint density at radius 3 is 3.18 bits per heavy atom. The molecule has 0 N–H and O–H groups in total. The zero-order valence-corrected chi connectivity index (χ0v) is 10.3. The number of amides is 1. The zero-order chi connectivity index (χ0) is 11.7. The van der Waals surface area contributed by atoms with Crippen LogP contribution in [-0.4, -0.2) is 35.8 Å². The lowest BCUT2D eigenvalue weighted by Gasteiger charge is -2.24. The van der Waals surface area contributed by atoms with Crippen LogP contribution in [0.3, 0.4) is 0 Å². The SMILES string of the molecule is O=C1CS[C@H](c2ccco2)N1C[C@H]1CCCO1. The van der Waals surface area contributed by atoms with Gasteiger partial charge in [0.2, 0.25) is 5.91 Å². The molecule has 17 heavy (non-hydrogen) atoms. The van der Waals surface area contributed by atoms with E-state index in [2.05, 4.69) is 0 Å². The van der Waals surface area contributed by atoms with Crippen molar-refractivity contribution in [1.29, 1.82) is 0 Å². The number of furan rings is 1. The van der Waals surface area contributed by atoms with Crippen LogP contribution in [0.1, 0.15) is 24.0 Å². The highest BCUT2D eigenvalue weighted by atomic mass is 32.2. The van der Waals surface area contributed by atoms with Gasteiger partial charge in [-0.25, -0.2) is 0 Å². The Morgan fingerprint density at radius 2 is 2.47 bits per heavy atom. The van der Waals surface area contributed by atoms with Crippen LogP contribution in [0.4, 0.5) is 0 Å². The normalized spacial score (nSPS) is 29.2. The number of carbonyl (C=O) groups excluding carboxylic acids is 1. The Bertz CT molecular complexity index is 386. The van der Waals surface area contributed by atoms with Crippen LogP contribution in [0.5, 0.6) is 0 Å². The highest BCUT2D eigenvalue weighted by molar-refractivity contribution is 8.00. The fourth-order valence-electron chi connectivity index (χ4n) is 2.33. The minimum absolute atomic E-state index is 0.0294. The van der Waals surface area contributed by atoms with Crippen molar-refractivity contribution in [2.75, 3.05) is 18.9 Å². The molecule has 0 radical (unpaired) electrons. The number of hydrogen-bond acceptors (Lipinski definition) is 4. The van der Waals surface area contributed by atoms with E-state index >= 15 is 0 Å². The van der Waals surface area contributed by atoms with Crippen molar-refractivity contribution in [3.05, 3.63) is 24.2 Å². The first-order valence-electron chi connectivity index (χ1n) is 5.90. The molecule has 0 aromatic carbocycles. The molecule has 0 spiro atoms. The summed E-state index contributed by atoms with van der Waals surface area (Å²) in [6.07, 6.45) is 4.02. The van der Waals surface area contributed by atoms with Crippen LogP contribution in [0.15, 0.2) is 22.8 Å². The van der Waals surface area contributed by atoms with Crippen LogP contribution in [-0.2, 0) is 9.53 Å². The molecule has 1 aromatic rings. The van der Waals surface area contributed by atoms with E-state index in [1.165, 1.54) is 0 Å². The van der Waals surface area contributed by atoms with Gasteiger partial charge in [0, 0.05) is 13.2 Å². The number of carbonyl (C=O) groups is 1. The molecular weight excluding hydrogens is 238 g/mol. The molecule has 0 unspecified atom stereocenters. The fraction of sp³-hybridized carbons (Fsp3) is 0.583. The molecular formula is C12H15NO3S. The van der Waals surface area contributed by atoms with Gasteiger partial charge in [0.15, 0.2) is 0 Å². The molecule has 1 aromatic heterocycles. The molecule has 0 saturated carbocycles. The monoisotopic (exact) mass is 253 g/mol. The molecule has 1 amide bonds. The minimum Gasteiger partial charge on any atom is -0.466 e. The number of hydrogen-bond donors (Lipinski definition) is 0. The summed E-state index contributed by atoms with van der Waals surface area (Å²) in [5.41, 5.74) is 0. The first-order chi connectivity index (χ1) is 8.34. The van der Waals surface area contributed by atoms with Gasteiger partial charge in [-0.1, -0.05) is 0 Å². The molecule has 0 aliphatic carbocycles. The Morgan fingerprint density at radius 1 is 1.53 bits per heavy atom. The number of nitrogens with zero attached hydrogens (tertiary/aromatic N) is 1. The lowest BCUT2D eigenvalue weighted by atomic mass is 10.2. The largest absolute Gasteiger partial charge is 0.466 e. The van der Waals surface area contributed by atoms with E-state index in [1.807, 2.05) is 17.0 Å². The van der Waals surface area contributed by atoms with Crippen molar-refractivity contribution in [2.45, 2.75) is 24.3 Å². The first kappa shape index (κ1) is 11.2. The second-order valence-corrected chi connectivity index (χ2v) is 5.43.